The van der Waals surface area contributed by atoms with Crippen LogP contribution in [0.3, 0.4) is 0 Å². The summed E-state index contributed by atoms with van der Waals surface area (Å²) in [7, 11) is 0. The summed E-state index contributed by atoms with van der Waals surface area (Å²) >= 11 is 7.66. The molecule has 1 aromatic carbocycles. The van der Waals surface area contributed by atoms with Crippen LogP contribution in [0.15, 0.2) is 35.2 Å². The van der Waals surface area contributed by atoms with Gasteiger partial charge in [0.25, 0.3) is 0 Å². The number of halogens is 1. The van der Waals surface area contributed by atoms with Crippen LogP contribution >= 0.6 is 23.4 Å². The molecule has 5 heteroatoms. The predicted molar refractivity (Wildman–Crippen MR) is 85.1 cm³/mol. The number of thioether (sulfide) groups is 1. The van der Waals surface area contributed by atoms with Gasteiger partial charge in [0.05, 0.1) is 5.75 Å². The van der Waals surface area contributed by atoms with Crippen LogP contribution in [0.2, 0.25) is 5.02 Å². The van der Waals surface area contributed by atoms with Gasteiger partial charge in [-0.2, -0.15) is 0 Å². The molecular weight excluding hydrogens is 290 g/mol. The van der Waals surface area contributed by atoms with Gasteiger partial charge in [-0.15, -0.1) is 11.8 Å². The van der Waals surface area contributed by atoms with Crippen LogP contribution in [0.5, 0.6) is 0 Å². The lowest BCUT2D eigenvalue weighted by Gasteiger charge is -2.08. The van der Waals surface area contributed by atoms with E-state index in [2.05, 4.69) is 9.97 Å². The first-order valence-electron chi connectivity index (χ1n) is 6.50. The number of nitrogens with two attached hydrogens (primary N) is 1. The molecule has 3 nitrogen and oxygen atoms in total. The van der Waals surface area contributed by atoms with Crippen LogP contribution in [0, 0.1) is 6.92 Å². The highest BCUT2D eigenvalue weighted by Crippen LogP contribution is 2.24. The molecular formula is C15H18ClN3S. The molecule has 0 radical (unpaired) electrons. The van der Waals surface area contributed by atoms with E-state index in [4.69, 9.17) is 17.3 Å². The fraction of sp³-hybridized carbons (Fsp3) is 0.333. The Morgan fingerprint density at radius 2 is 2.10 bits per heavy atom. The maximum Gasteiger partial charge on any atom is 0.139 e. The molecule has 2 rings (SSSR count). The monoisotopic (exact) mass is 307 g/mol. The van der Waals surface area contributed by atoms with Crippen molar-refractivity contribution in [2.24, 2.45) is 5.73 Å². The van der Waals surface area contributed by atoms with Gasteiger partial charge in [-0.3, -0.25) is 0 Å². The molecule has 106 valence electrons. The van der Waals surface area contributed by atoms with E-state index in [9.17, 15) is 0 Å². The summed E-state index contributed by atoms with van der Waals surface area (Å²) in [6.07, 6.45) is 0.776. The van der Waals surface area contributed by atoms with Crippen LogP contribution in [0.4, 0.5) is 0 Å². The van der Waals surface area contributed by atoms with E-state index in [0.29, 0.717) is 0 Å². The fourth-order valence-electron chi connectivity index (χ4n) is 1.90. The van der Waals surface area contributed by atoms with E-state index in [1.807, 2.05) is 44.2 Å². The molecule has 1 atom stereocenters. The number of benzene rings is 1. The lowest BCUT2D eigenvalue weighted by atomic mass is 10.2. The summed E-state index contributed by atoms with van der Waals surface area (Å²) in [4.78, 5) is 10.2. The minimum Gasteiger partial charge on any atom is -0.328 e. The van der Waals surface area contributed by atoms with Gasteiger partial charge in [0.1, 0.15) is 5.82 Å². The van der Waals surface area contributed by atoms with E-state index in [-0.39, 0.29) is 6.04 Å². The zero-order chi connectivity index (χ0) is 14.5. The van der Waals surface area contributed by atoms with Crippen molar-refractivity contribution in [1.29, 1.82) is 0 Å². The average molecular weight is 308 g/mol. The van der Waals surface area contributed by atoms with E-state index >= 15 is 0 Å². The SMILES string of the molecule is Cc1cc(CC(C)N)nc(CSc2cccc(Cl)c2)n1. The van der Waals surface area contributed by atoms with Gasteiger partial charge in [0, 0.05) is 33.8 Å². The third-order valence-electron chi connectivity index (χ3n) is 2.65. The van der Waals surface area contributed by atoms with Crippen LogP contribution in [-0.4, -0.2) is 16.0 Å². The Labute approximate surface area is 129 Å². The molecule has 0 spiro atoms. The summed E-state index contributed by atoms with van der Waals surface area (Å²) in [5, 5.41) is 0.748. The molecule has 2 N–H and O–H groups in total. The van der Waals surface area contributed by atoms with Gasteiger partial charge in [-0.1, -0.05) is 17.7 Å². The average Bonchev–Trinajstić information content (AvgIpc) is 2.35. The smallest absolute Gasteiger partial charge is 0.139 e. The van der Waals surface area contributed by atoms with Crippen molar-refractivity contribution < 1.29 is 0 Å². The summed E-state index contributed by atoms with van der Waals surface area (Å²) in [6, 6.07) is 9.91. The van der Waals surface area contributed by atoms with E-state index < -0.39 is 0 Å². The lowest BCUT2D eigenvalue weighted by molar-refractivity contribution is 0.713. The number of hydrogen-bond acceptors (Lipinski definition) is 4. The highest BCUT2D eigenvalue weighted by atomic mass is 35.5. The minimum absolute atomic E-state index is 0.109. The summed E-state index contributed by atoms with van der Waals surface area (Å²) < 4.78 is 0. The Morgan fingerprint density at radius 3 is 2.80 bits per heavy atom. The molecule has 20 heavy (non-hydrogen) atoms. The van der Waals surface area contributed by atoms with Gasteiger partial charge < -0.3 is 5.73 Å². The number of nitrogens with zero attached hydrogens (tertiary/aromatic N) is 2. The molecule has 0 saturated carbocycles. The van der Waals surface area contributed by atoms with Gasteiger partial charge >= 0.3 is 0 Å². The van der Waals surface area contributed by atoms with Crippen molar-refractivity contribution in [2.75, 3.05) is 0 Å². The standard InChI is InChI=1S/C15H18ClN3S/c1-10(17)6-13-7-11(2)18-15(19-13)9-20-14-5-3-4-12(16)8-14/h3-5,7-8,10H,6,9,17H2,1-2H3. The Hall–Kier alpha value is -1.10. The summed E-state index contributed by atoms with van der Waals surface area (Å²) in [5.41, 5.74) is 7.82. The quantitative estimate of drug-likeness (QED) is 0.857. The number of rotatable bonds is 5. The Morgan fingerprint density at radius 1 is 1.30 bits per heavy atom. The first kappa shape index (κ1) is 15.3. The second-order valence-corrected chi connectivity index (χ2v) is 6.33. The Bertz CT molecular complexity index is 587. The van der Waals surface area contributed by atoms with Crippen molar-refractivity contribution in [1.82, 2.24) is 9.97 Å². The third-order valence-corrected chi connectivity index (χ3v) is 3.87. The van der Waals surface area contributed by atoms with Crippen molar-refractivity contribution in [3.05, 3.63) is 52.6 Å². The number of aryl methyl sites for hydroxylation is 1. The topological polar surface area (TPSA) is 51.8 Å². The van der Waals surface area contributed by atoms with E-state index in [1.165, 1.54) is 0 Å². The van der Waals surface area contributed by atoms with Crippen LogP contribution in [0.25, 0.3) is 0 Å². The molecule has 1 heterocycles. The first-order valence-corrected chi connectivity index (χ1v) is 7.86. The van der Waals surface area contributed by atoms with Gasteiger partial charge in [-0.25, -0.2) is 9.97 Å². The van der Waals surface area contributed by atoms with Crippen LogP contribution < -0.4 is 5.73 Å². The third kappa shape index (κ3) is 4.78. The van der Waals surface area contributed by atoms with Gasteiger partial charge in [0.2, 0.25) is 0 Å². The zero-order valence-electron chi connectivity index (χ0n) is 11.6. The highest BCUT2D eigenvalue weighted by molar-refractivity contribution is 7.98. The molecule has 0 amide bonds. The lowest BCUT2D eigenvalue weighted by Crippen LogP contribution is -2.19. The normalized spacial score (nSPS) is 12.4. The van der Waals surface area contributed by atoms with Crippen molar-refractivity contribution in [2.45, 2.75) is 37.0 Å². The molecule has 0 bridgehead atoms. The predicted octanol–water partition coefficient (Wildman–Crippen LogP) is 3.62. The molecule has 0 saturated heterocycles. The Kier molecular flexibility index (Phi) is 5.40. The second kappa shape index (κ2) is 7.07. The van der Waals surface area contributed by atoms with E-state index in [0.717, 1.165) is 39.3 Å². The van der Waals surface area contributed by atoms with Crippen molar-refractivity contribution in [3.63, 3.8) is 0 Å². The number of aromatic nitrogens is 2. The molecule has 2 aromatic rings. The van der Waals surface area contributed by atoms with Gasteiger partial charge in [0.15, 0.2) is 0 Å². The Balaban J connectivity index is 2.07. The summed E-state index contributed by atoms with van der Waals surface area (Å²) in [6.45, 7) is 3.97. The summed E-state index contributed by atoms with van der Waals surface area (Å²) in [5.74, 6) is 1.57. The second-order valence-electron chi connectivity index (χ2n) is 4.84. The van der Waals surface area contributed by atoms with E-state index in [1.54, 1.807) is 11.8 Å². The maximum atomic E-state index is 5.98. The molecule has 0 aliphatic rings. The number of hydrogen-bond donors (Lipinski definition) is 1. The van der Waals surface area contributed by atoms with Crippen LogP contribution in [0.1, 0.15) is 24.1 Å². The molecule has 1 unspecified atom stereocenters. The molecule has 0 fully saturated rings. The fourth-order valence-corrected chi connectivity index (χ4v) is 2.97. The molecule has 1 aromatic heterocycles. The van der Waals surface area contributed by atoms with Crippen molar-refractivity contribution >= 4 is 23.4 Å². The maximum absolute atomic E-state index is 5.98. The largest absolute Gasteiger partial charge is 0.328 e. The minimum atomic E-state index is 0.109. The van der Waals surface area contributed by atoms with Gasteiger partial charge in [-0.05, 0) is 38.1 Å². The van der Waals surface area contributed by atoms with Crippen molar-refractivity contribution in [3.8, 4) is 0 Å². The molecule has 0 aliphatic carbocycles. The first-order chi connectivity index (χ1) is 9.52. The zero-order valence-corrected chi connectivity index (χ0v) is 13.2. The highest BCUT2D eigenvalue weighted by Gasteiger charge is 2.06. The van der Waals surface area contributed by atoms with Crippen LogP contribution in [-0.2, 0) is 12.2 Å². The molecule has 0 aliphatic heterocycles.